The summed E-state index contributed by atoms with van der Waals surface area (Å²) in [7, 11) is 3.21. The number of aryl methyl sites for hydroxylation is 1. The number of aliphatic carboxylic acids is 1. The highest BCUT2D eigenvalue weighted by molar-refractivity contribution is 5.84. The second kappa shape index (κ2) is 5.35. The van der Waals surface area contributed by atoms with Gasteiger partial charge in [-0.15, -0.1) is 0 Å². The van der Waals surface area contributed by atoms with Gasteiger partial charge >= 0.3 is 5.97 Å². The van der Waals surface area contributed by atoms with Crippen LogP contribution in [0, 0.1) is 13.8 Å². The standard InChI is InChI=1S/C16H22O4/c1-10-9-12(19-3)11(2)13(14(10)20-4)16(15(17)18)7-5-6-8-16/h9H,5-8H2,1-4H3,(H,17,18). The molecule has 0 amide bonds. The average molecular weight is 278 g/mol. The molecule has 0 heterocycles. The first-order chi connectivity index (χ1) is 9.47. The summed E-state index contributed by atoms with van der Waals surface area (Å²) in [6.45, 7) is 3.84. The number of benzene rings is 1. The summed E-state index contributed by atoms with van der Waals surface area (Å²) in [6.07, 6.45) is 3.19. The maximum absolute atomic E-state index is 12.0. The van der Waals surface area contributed by atoms with Crippen LogP contribution in [-0.4, -0.2) is 25.3 Å². The van der Waals surface area contributed by atoms with Crippen LogP contribution < -0.4 is 9.47 Å². The van der Waals surface area contributed by atoms with Gasteiger partial charge in [-0.3, -0.25) is 4.79 Å². The highest BCUT2D eigenvalue weighted by Gasteiger charge is 2.46. The van der Waals surface area contributed by atoms with E-state index in [0.717, 1.165) is 35.3 Å². The number of ether oxygens (including phenoxy) is 2. The number of carboxylic acid groups (broad SMARTS) is 1. The maximum atomic E-state index is 12.0. The first-order valence-corrected chi connectivity index (χ1v) is 6.94. The van der Waals surface area contributed by atoms with Crippen molar-refractivity contribution < 1.29 is 19.4 Å². The Hall–Kier alpha value is -1.71. The third-order valence-corrected chi connectivity index (χ3v) is 4.45. The number of rotatable bonds is 4. The van der Waals surface area contributed by atoms with E-state index in [9.17, 15) is 9.90 Å². The third-order valence-electron chi connectivity index (χ3n) is 4.45. The van der Waals surface area contributed by atoms with Crippen molar-refractivity contribution >= 4 is 5.97 Å². The average Bonchev–Trinajstić information content (AvgIpc) is 2.90. The lowest BCUT2D eigenvalue weighted by atomic mass is 9.75. The Morgan fingerprint density at radius 3 is 2.25 bits per heavy atom. The zero-order valence-corrected chi connectivity index (χ0v) is 12.6. The lowest BCUT2D eigenvalue weighted by molar-refractivity contribution is -0.143. The topological polar surface area (TPSA) is 55.8 Å². The molecule has 110 valence electrons. The smallest absolute Gasteiger partial charge is 0.314 e. The summed E-state index contributed by atoms with van der Waals surface area (Å²) in [5.74, 6) is 0.655. The van der Waals surface area contributed by atoms with Gasteiger partial charge < -0.3 is 14.6 Å². The molecule has 1 aromatic rings. The minimum absolute atomic E-state index is 0.659. The molecular weight excluding hydrogens is 256 g/mol. The summed E-state index contributed by atoms with van der Waals surface area (Å²) in [5.41, 5.74) is 1.74. The minimum Gasteiger partial charge on any atom is -0.496 e. The molecule has 0 bridgehead atoms. The third kappa shape index (κ3) is 2.03. The van der Waals surface area contributed by atoms with Crippen LogP contribution in [0.1, 0.15) is 42.4 Å². The van der Waals surface area contributed by atoms with Crippen molar-refractivity contribution in [1.82, 2.24) is 0 Å². The number of methoxy groups -OCH3 is 2. The quantitative estimate of drug-likeness (QED) is 0.918. The largest absolute Gasteiger partial charge is 0.496 e. The SMILES string of the molecule is COc1cc(C)c(OC)c(C2(C(=O)O)CCCC2)c1C. The fourth-order valence-corrected chi connectivity index (χ4v) is 3.46. The van der Waals surface area contributed by atoms with Gasteiger partial charge in [0.2, 0.25) is 0 Å². The molecule has 4 nitrogen and oxygen atoms in total. The van der Waals surface area contributed by atoms with Crippen LogP contribution in [-0.2, 0) is 10.2 Å². The molecule has 0 spiro atoms. The molecule has 0 aliphatic heterocycles. The molecule has 0 saturated heterocycles. The summed E-state index contributed by atoms with van der Waals surface area (Å²) < 4.78 is 10.9. The molecule has 1 N–H and O–H groups in total. The molecule has 2 rings (SSSR count). The van der Waals surface area contributed by atoms with E-state index in [-0.39, 0.29) is 0 Å². The van der Waals surface area contributed by atoms with E-state index in [4.69, 9.17) is 9.47 Å². The van der Waals surface area contributed by atoms with Crippen molar-refractivity contribution in [3.05, 3.63) is 22.8 Å². The normalized spacial score (nSPS) is 17.0. The Balaban J connectivity index is 2.76. The van der Waals surface area contributed by atoms with Crippen LogP contribution in [0.4, 0.5) is 0 Å². The lowest BCUT2D eigenvalue weighted by Crippen LogP contribution is -2.34. The Kier molecular flexibility index (Phi) is 3.93. The lowest BCUT2D eigenvalue weighted by Gasteiger charge is -2.30. The zero-order valence-electron chi connectivity index (χ0n) is 12.6. The Labute approximate surface area is 119 Å². The monoisotopic (exact) mass is 278 g/mol. The van der Waals surface area contributed by atoms with Crippen molar-refractivity contribution in [2.75, 3.05) is 14.2 Å². The van der Waals surface area contributed by atoms with Crippen molar-refractivity contribution in [1.29, 1.82) is 0 Å². The second-order valence-electron chi connectivity index (χ2n) is 5.52. The van der Waals surface area contributed by atoms with Gasteiger partial charge in [-0.2, -0.15) is 0 Å². The van der Waals surface area contributed by atoms with E-state index in [1.165, 1.54) is 0 Å². The molecule has 1 aromatic carbocycles. The van der Waals surface area contributed by atoms with E-state index in [1.54, 1.807) is 14.2 Å². The molecule has 0 unspecified atom stereocenters. The van der Waals surface area contributed by atoms with Crippen LogP contribution in [0.3, 0.4) is 0 Å². The second-order valence-corrected chi connectivity index (χ2v) is 5.52. The minimum atomic E-state index is -0.839. The predicted octanol–water partition coefficient (Wildman–Crippen LogP) is 3.22. The van der Waals surface area contributed by atoms with Gasteiger partial charge in [0.15, 0.2) is 0 Å². The Morgan fingerprint density at radius 1 is 1.20 bits per heavy atom. The maximum Gasteiger partial charge on any atom is 0.314 e. The first kappa shape index (κ1) is 14.7. The van der Waals surface area contributed by atoms with Gasteiger partial charge in [-0.05, 0) is 43.9 Å². The molecule has 1 fully saturated rings. The van der Waals surface area contributed by atoms with Crippen LogP contribution in [0.5, 0.6) is 11.5 Å². The van der Waals surface area contributed by atoms with Crippen LogP contribution in [0.2, 0.25) is 0 Å². The highest BCUT2D eigenvalue weighted by atomic mass is 16.5. The Morgan fingerprint density at radius 2 is 1.80 bits per heavy atom. The van der Waals surface area contributed by atoms with E-state index in [0.29, 0.717) is 18.6 Å². The van der Waals surface area contributed by atoms with Crippen molar-refractivity contribution in [2.45, 2.75) is 44.9 Å². The van der Waals surface area contributed by atoms with Crippen LogP contribution in [0.15, 0.2) is 6.07 Å². The first-order valence-electron chi connectivity index (χ1n) is 6.94. The van der Waals surface area contributed by atoms with Gasteiger partial charge in [0, 0.05) is 5.56 Å². The number of carbonyl (C=O) groups is 1. The van der Waals surface area contributed by atoms with Crippen molar-refractivity contribution in [2.24, 2.45) is 0 Å². The van der Waals surface area contributed by atoms with Crippen LogP contribution >= 0.6 is 0 Å². The van der Waals surface area contributed by atoms with Crippen LogP contribution in [0.25, 0.3) is 0 Å². The predicted molar refractivity (Wildman–Crippen MR) is 76.8 cm³/mol. The van der Waals surface area contributed by atoms with E-state index in [2.05, 4.69) is 0 Å². The zero-order chi connectivity index (χ0) is 14.9. The van der Waals surface area contributed by atoms with E-state index < -0.39 is 11.4 Å². The van der Waals surface area contributed by atoms with Gasteiger partial charge in [0.1, 0.15) is 11.5 Å². The summed E-state index contributed by atoms with van der Waals surface area (Å²) in [6, 6.07) is 1.90. The highest BCUT2D eigenvalue weighted by Crippen LogP contribution is 2.49. The summed E-state index contributed by atoms with van der Waals surface area (Å²) in [5, 5.41) is 9.82. The molecule has 20 heavy (non-hydrogen) atoms. The van der Waals surface area contributed by atoms with E-state index in [1.807, 2.05) is 19.9 Å². The van der Waals surface area contributed by atoms with Crippen molar-refractivity contribution in [3.8, 4) is 11.5 Å². The fraction of sp³-hybridized carbons (Fsp3) is 0.562. The molecule has 1 saturated carbocycles. The van der Waals surface area contributed by atoms with Gasteiger partial charge in [0.05, 0.1) is 19.6 Å². The molecule has 1 aliphatic carbocycles. The van der Waals surface area contributed by atoms with Gasteiger partial charge in [-0.25, -0.2) is 0 Å². The molecule has 0 radical (unpaired) electrons. The van der Waals surface area contributed by atoms with Gasteiger partial charge in [-0.1, -0.05) is 12.8 Å². The van der Waals surface area contributed by atoms with Crippen molar-refractivity contribution in [3.63, 3.8) is 0 Å². The molecule has 1 aliphatic rings. The molecule has 0 atom stereocenters. The number of hydrogen-bond donors (Lipinski definition) is 1. The number of carboxylic acids is 1. The van der Waals surface area contributed by atoms with Gasteiger partial charge in [0.25, 0.3) is 0 Å². The fourth-order valence-electron chi connectivity index (χ4n) is 3.46. The summed E-state index contributed by atoms with van der Waals surface area (Å²) in [4.78, 5) is 12.0. The Bertz CT molecular complexity index is 528. The van der Waals surface area contributed by atoms with E-state index >= 15 is 0 Å². The molecule has 0 aromatic heterocycles. The number of hydrogen-bond acceptors (Lipinski definition) is 3. The molecular formula is C16H22O4. The summed E-state index contributed by atoms with van der Waals surface area (Å²) >= 11 is 0. The molecule has 4 heteroatoms.